The van der Waals surface area contributed by atoms with E-state index < -0.39 is 5.60 Å². The normalized spacial score (nSPS) is 16.4. The molecule has 0 atom stereocenters. The van der Waals surface area contributed by atoms with Crippen molar-refractivity contribution < 1.29 is 14.3 Å². The molecule has 0 amide bonds. The Morgan fingerprint density at radius 3 is 2.45 bits per heavy atom. The van der Waals surface area contributed by atoms with Gasteiger partial charge >= 0.3 is 5.97 Å². The van der Waals surface area contributed by atoms with E-state index >= 15 is 0 Å². The summed E-state index contributed by atoms with van der Waals surface area (Å²) in [6.07, 6.45) is 0. The van der Waals surface area contributed by atoms with Crippen molar-refractivity contribution in [3.8, 4) is 0 Å². The minimum atomic E-state index is -0.474. The minimum Gasteiger partial charge on any atom is -0.456 e. The predicted octanol–water partition coefficient (Wildman–Crippen LogP) is 2.13. The first-order chi connectivity index (χ1) is 9.29. The molecule has 1 aromatic heterocycles. The molecule has 0 aliphatic carbocycles. The molecule has 112 valence electrons. The van der Waals surface area contributed by atoms with Crippen LogP contribution in [0.2, 0.25) is 0 Å². The molecule has 2 heterocycles. The first-order valence-electron chi connectivity index (χ1n) is 7.02. The number of nitrogens with zero attached hydrogens (tertiary/aromatic N) is 2. The number of morpholine rings is 1. The number of rotatable bonds is 2. The molecular weight excluding hydrogens is 256 g/mol. The van der Waals surface area contributed by atoms with Crippen LogP contribution >= 0.6 is 0 Å². The number of esters is 1. The summed E-state index contributed by atoms with van der Waals surface area (Å²) in [6.45, 7) is 10.8. The monoisotopic (exact) mass is 280 g/mol. The summed E-state index contributed by atoms with van der Waals surface area (Å²) in [6, 6.07) is 1.93. The number of carbonyl (C=O) groups is 1. The Hall–Kier alpha value is -1.49. The van der Waals surface area contributed by atoms with E-state index in [0.717, 1.165) is 37.8 Å². The van der Waals surface area contributed by atoms with Crippen LogP contribution in [0.25, 0.3) is 0 Å². The molecule has 20 heavy (non-hydrogen) atoms. The van der Waals surface area contributed by atoms with Crippen molar-refractivity contribution in [1.82, 2.24) is 4.57 Å². The third-order valence-corrected chi connectivity index (χ3v) is 3.46. The maximum atomic E-state index is 12.3. The molecule has 5 heteroatoms. The lowest BCUT2D eigenvalue weighted by Gasteiger charge is -2.29. The van der Waals surface area contributed by atoms with E-state index in [0.29, 0.717) is 5.56 Å². The van der Waals surface area contributed by atoms with Crippen LogP contribution in [-0.4, -0.2) is 42.4 Å². The van der Waals surface area contributed by atoms with Gasteiger partial charge < -0.3 is 18.9 Å². The van der Waals surface area contributed by atoms with Gasteiger partial charge in [0.2, 0.25) is 0 Å². The second-order valence-electron chi connectivity index (χ2n) is 6.16. The molecule has 0 spiro atoms. The van der Waals surface area contributed by atoms with Gasteiger partial charge in [-0.15, -0.1) is 0 Å². The lowest BCUT2D eigenvalue weighted by molar-refractivity contribution is 0.00687. The van der Waals surface area contributed by atoms with Crippen molar-refractivity contribution in [1.29, 1.82) is 0 Å². The maximum absolute atomic E-state index is 12.3. The standard InChI is InChI=1S/C15H24N2O3/c1-11-12(14(18)20-15(2,3)4)10-13(16(11)5)17-6-8-19-9-7-17/h10H,6-9H2,1-5H3. The van der Waals surface area contributed by atoms with Crippen LogP contribution in [-0.2, 0) is 16.5 Å². The zero-order valence-corrected chi connectivity index (χ0v) is 13.0. The van der Waals surface area contributed by atoms with E-state index in [1.165, 1.54) is 0 Å². The van der Waals surface area contributed by atoms with Crippen LogP contribution in [0.1, 0.15) is 36.8 Å². The third kappa shape index (κ3) is 3.15. The zero-order valence-electron chi connectivity index (χ0n) is 13.0. The van der Waals surface area contributed by atoms with Crippen LogP contribution < -0.4 is 4.90 Å². The van der Waals surface area contributed by atoms with Crippen LogP contribution in [0.15, 0.2) is 6.07 Å². The maximum Gasteiger partial charge on any atom is 0.340 e. The van der Waals surface area contributed by atoms with Crippen LogP contribution in [0.3, 0.4) is 0 Å². The highest BCUT2D eigenvalue weighted by Crippen LogP contribution is 2.25. The Kier molecular flexibility index (Phi) is 4.09. The lowest BCUT2D eigenvalue weighted by Crippen LogP contribution is -2.37. The Balaban J connectivity index is 2.25. The van der Waals surface area contributed by atoms with Crippen molar-refractivity contribution in [2.24, 2.45) is 7.05 Å². The molecule has 0 saturated carbocycles. The minimum absolute atomic E-state index is 0.259. The van der Waals surface area contributed by atoms with Gasteiger partial charge in [0.25, 0.3) is 0 Å². The summed E-state index contributed by atoms with van der Waals surface area (Å²) in [5.74, 6) is 0.789. The molecule has 0 bridgehead atoms. The van der Waals surface area contributed by atoms with Crippen LogP contribution in [0.5, 0.6) is 0 Å². The Morgan fingerprint density at radius 2 is 1.90 bits per heavy atom. The third-order valence-electron chi connectivity index (χ3n) is 3.46. The molecule has 1 aliphatic rings. The highest BCUT2D eigenvalue weighted by molar-refractivity contribution is 5.92. The zero-order chi connectivity index (χ0) is 14.9. The molecule has 0 radical (unpaired) electrons. The number of hydrogen-bond acceptors (Lipinski definition) is 4. The van der Waals surface area contributed by atoms with Gasteiger partial charge in [-0.05, 0) is 33.8 Å². The summed E-state index contributed by atoms with van der Waals surface area (Å²) in [7, 11) is 1.98. The summed E-state index contributed by atoms with van der Waals surface area (Å²) < 4.78 is 12.9. The van der Waals surface area contributed by atoms with Gasteiger partial charge in [0, 0.05) is 25.8 Å². The number of ether oxygens (including phenoxy) is 2. The van der Waals surface area contributed by atoms with E-state index in [2.05, 4.69) is 4.90 Å². The molecular formula is C15H24N2O3. The topological polar surface area (TPSA) is 43.7 Å². The van der Waals surface area contributed by atoms with Gasteiger partial charge in [-0.2, -0.15) is 0 Å². The SMILES string of the molecule is Cc1c(C(=O)OC(C)(C)C)cc(N2CCOCC2)n1C. The molecule has 0 aromatic carbocycles. The second kappa shape index (κ2) is 5.48. The first-order valence-corrected chi connectivity index (χ1v) is 7.02. The number of aromatic nitrogens is 1. The highest BCUT2D eigenvalue weighted by atomic mass is 16.6. The molecule has 0 unspecified atom stereocenters. The van der Waals surface area contributed by atoms with Crippen molar-refractivity contribution in [2.45, 2.75) is 33.3 Å². The summed E-state index contributed by atoms with van der Waals surface area (Å²) in [4.78, 5) is 14.5. The molecule has 1 saturated heterocycles. The van der Waals surface area contributed by atoms with E-state index in [1.54, 1.807) is 0 Å². The lowest BCUT2D eigenvalue weighted by atomic mass is 10.2. The fourth-order valence-corrected chi connectivity index (χ4v) is 2.32. The fraction of sp³-hybridized carbons (Fsp3) is 0.667. The van der Waals surface area contributed by atoms with E-state index in [1.807, 2.05) is 45.4 Å². The number of hydrogen-bond donors (Lipinski definition) is 0. The van der Waals surface area contributed by atoms with Crippen molar-refractivity contribution in [2.75, 3.05) is 31.2 Å². The Morgan fingerprint density at radius 1 is 1.30 bits per heavy atom. The van der Waals surface area contributed by atoms with Gasteiger partial charge in [0.05, 0.1) is 18.8 Å². The summed E-state index contributed by atoms with van der Waals surface area (Å²) in [5.41, 5.74) is 1.10. The van der Waals surface area contributed by atoms with Crippen molar-refractivity contribution >= 4 is 11.8 Å². The van der Waals surface area contributed by atoms with Gasteiger partial charge in [-0.1, -0.05) is 0 Å². The van der Waals surface area contributed by atoms with Gasteiger partial charge in [-0.25, -0.2) is 4.79 Å². The average Bonchev–Trinajstić information content (AvgIpc) is 2.66. The summed E-state index contributed by atoms with van der Waals surface area (Å²) >= 11 is 0. The fourth-order valence-electron chi connectivity index (χ4n) is 2.32. The quantitative estimate of drug-likeness (QED) is 0.778. The van der Waals surface area contributed by atoms with Gasteiger partial charge in [0.1, 0.15) is 11.4 Å². The molecule has 1 fully saturated rings. The van der Waals surface area contributed by atoms with Gasteiger partial charge in [0.15, 0.2) is 0 Å². The van der Waals surface area contributed by atoms with Crippen LogP contribution in [0, 0.1) is 6.92 Å². The molecule has 1 aliphatic heterocycles. The van der Waals surface area contributed by atoms with Crippen molar-refractivity contribution in [3.63, 3.8) is 0 Å². The molecule has 0 N–H and O–H groups in total. The second-order valence-corrected chi connectivity index (χ2v) is 6.16. The molecule has 5 nitrogen and oxygen atoms in total. The largest absolute Gasteiger partial charge is 0.456 e. The highest BCUT2D eigenvalue weighted by Gasteiger charge is 2.24. The average molecular weight is 280 g/mol. The molecule has 1 aromatic rings. The smallest absolute Gasteiger partial charge is 0.340 e. The van der Waals surface area contributed by atoms with Crippen molar-refractivity contribution in [3.05, 3.63) is 17.3 Å². The van der Waals surface area contributed by atoms with E-state index in [9.17, 15) is 4.79 Å². The van der Waals surface area contributed by atoms with E-state index in [4.69, 9.17) is 9.47 Å². The first kappa shape index (κ1) is 14.9. The predicted molar refractivity (Wildman–Crippen MR) is 78.4 cm³/mol. The van der Waals surface area contributed by atoms with Gasteiger partial charge in [-0.3, -0.25) is 0 Å². The Labute approximate surface area is 120 Å². The number of anilines is 1. The van der Waals surface area contributed by atoms with E-state index in [-0.39, 0.29) is 5.97 Å². The number of carbonyl (C=O) groups excluding carboxylic acids is 1. The van der Waals surface area contributed by atoms with Crippen LogP contribution in [0.4, 0.5) is 5.82 Å². The Bertz CT molecular complexity index is 494. The summed E-state index contributed by atoms with van der Waals surface area (Å²) in [5, 5.41) is 0. The molecule has 2 rings (SSSR count).